The number of aromatic nitrogens is 2. The van der Waals surface area contributed by atoms with Gasteiger partial charge in [-0.15, -0.1) is 12.4 Å². The summed E-state index contributed by atoms with van der Waals surface area (Å²) in [5, 5.41) is 8.21. The van der Waals surface area contributed by atoms with E-state index in [1.54, 1.807) is 0 Å². The number of carbonyl (C=O) groups is 1. The second-order valence-corrected chi connectivity index (χ2v) is 9.01. The summed E-state index contributed by atoms with van der Waals surface area (Å²) in [7, 11) is 0. The molecule has 1 amide bonds. The maximum atomic E-state index is 13.3. The van der Waals surface area contributed by atoms with E-state index in [0.717, 1.165) is 43.4 Å². The third-order valence-corrected chi connectivity index (χ3v) is 7.16. The van der Waals surface area contributed by atoms with Crippen LogP contribution in [0.2, 0.25) is 0 Å². The molecule has 1 aromatic carbocycles. The molecule has 3 aliphatic carbocycles. The molecule has 156 valence electrons. The molecular weight excluding hydrogens is 384 g/mol. The fourth-order valence-electron chi connectivity index (χ4n) is 5.86. The van der Waals surface area contributed by atoms with Crippen molar-refractivity contribution in [2.45, 2.75) is 70.4 Å². The lowest BCUT2D eigenvalue weighted by molar-refractivity contribution is 0.0750. The zero-order chi connectivity index (χ0) is 19.3. The molecule has 29 heavy (non-hydrogen) atoms. The van der Waals surface area contributed by atoms with Crippen LogP contribution in [0.3, 0.4) is 0 Å². The molecule has 2 bridgehead atoms. The third kappa shape index (κ3) is 3.59. The average molecular weight is 415 g/mol. The van der Waals surface area contributed by atoms with Gasteiger partial charge >= 0.3 is 0 Å². The summed E-state index contributed by atoms with van der Waals surface area (Å²) in [6.07, 6.45) is 8.76. The summed E-state index contributed by atoms with van der Waals surface area (Å²) in [6, 6.07) is 8.84. The highest BCUT2D eigenvalue weighted by Gasteiger charge is 2.40. The molecule has 3 aliphatic rings. The van der Waals surface area contributed by atoms with Gasteiger partial charge in [0.25, 0.3) is 5.91 Å². The van der Waals surface area contributed by atoms with Crippen molar-refractivity contribution in [3.05, 3.63) is 46.8 Å². The van der Waals surface area contributed by atoms with E-state index in [9.17, 15) is 4.79 Å². The molecule has 2 aromatic rings. The molecule has 6 heteroatoms. The van der Waals surface area contributed by atoms with Crippen molar-refractivity contribution >= 4 is 18.3 Å². The standard InChI is InChI=1S/C23H30N4O.ClH/c1-14-6-2-3-10-19(14)27-20-11-5-9-18(20)22(26-27)23(28)25-21-15-7-4-8-16(21)13-17(24)12-15;/h2-3,6,10,15-17,21H,4-5,7-9,11-13,24H2,1H3,(H,25,28);1H. The maximum absolute atomic E-state index is 13.3. The van der Waals surface area contributed by atoms with Gasteiger partial charge in [0.2, 0.25) is 0 Å². The second-order valence-electron chi connectivity index (χ2n) is 9.01. The Balaban J connectivity index is 0.00000205. The molecule has 2 saturated carbocycles. The van der Waals surface area contributed by atoms with Crippen LogP contribution in [0.4, 0.5) is 0 Å². The number of benzene rings is 1. The van der Waals surface area contributed by atoms with Gasteiger partial charge in [-0.25, -0.2) is 4.68 Å². The second kappa shape index (κ2) is 8.11. The molecule has 0 aliphatic heterocycles. The van der Waals surface area contributed by atoms with Crippen LogP contribution in [0.15, 0.2) is 24.3 Å². The highest BCUT2D eigenvalue weighted by Crippen LogP contribution is 2.40. The zero-order valence-electron chi connectivity index (χ0n) is 17.1. The van der Waals surface area contributed by atoms with Gasteiger partial charge < -0.3 is 11.1 Å². The number of hydrogen-bond acceptors (Lipinski definition) is 3. The van der Waals surface area contributed by atoms with Crippen molar-refractivity contribution < 1.29 is 4.79 Å². The lowest BCUT2D eigenvalue weighted by Gasteiger charge is -2.45. The normalized spacial score (nSPS) is 27.8. The monoisotopic (exact) mass is 414 g/mol. The number of carbonyl (C=O) groups excluding carboxylic acids is 1. The Morgan fingerprint density at radius 1 is 1.14 bits per heavy atom. The lowest BCUT2D eigenvalue weighted by atomic mass is 9.67. The molecule has 0 radical (unpaired) electrons. The Bertz CT molecular complexity index is 894. The van der Waals surface area contributed by atoms with E-state index < -0.39 is 0 Å². The van der Waals surface area contributed by atoms with Crippen molar-refractivity contribution in [3.63, 3.8) is 0 Å². The quantitative estimate of drug-likeness (QED) is 0.803. The van der Waals surface area contributed by atoms with E-state index in [1.165, 1.54) is 30.5 Å². The number of amides is 1. The first-order chi connectivity index (χ1) is 13.6. The Labute approximate surface area is 178 Å². The maximum Gasteiger partial charge on any atom is 0.272 e. The Kier molecular flexibility index (Phi) is 5.71. The fraction of sp³-hybridized carbons (Fsp3) is 0.565. The van der Waals surface area contributed by atoms with Crippen molar-refractivity contribution in [2.24, 2.45) is 17.6 Å². The van der Waals surface area contributed by atoms with Gasteiger partial charge in [-0.1, -0.05) is 24.6 Å². The summed E-state index contributed by atoms with van der Waals surface area (Å²) in [5.74, 6) is 1.07. The molecule has 3 N–H and O–H groups in total. The molecule has 1 aromatic heterocycles. The van der Waals surface area contributed by atoms with Crippen LogP contribution in [0.5, 0.6) is 0 Å². The minimum atomic E-state index is 0. The molecule has 5 rings (SSSR count). The highest BCUT2D eigenvalue weighted by molar-refractivity contribution is 5.94. The van der Waals surface area contributed by atoms with E-state index in [4.69, 9.17) is 10.8 Å². The predicted octanol–water partition coefficient (Wildman–Crippen LogP) is 3.73. The van der Waals surface area contributed by atoms with Crippen molar-refractivity contribution in [1.29, 1.82) is 0 Å². The van der Waals surface area contributed by atoms with E-state index in [0.29, 0.717) is 23.6 Å². The number of aryl methyl sites for hydroxylation is 1. The third-order valence-electron chi connectivity index (χ3n) is 7.16. The van der Waals surface area contributed by atoms with Crippen LogP contribution in [-0.4, -0.2) is 27.8 Å². The molecule has 2 fully saturated rings. The van der Waals surface area contributed by atoms with Gasteiger partial charge in [-0.05, 0) is 75.3 Å². The van der Waals surface area contributed by atoms with Crippen LogP contribution >= 0.6 is 12.4 Å². The molecule has 5 nitrogen and oxygen atoms in total. The van der Waals surface area contributed by atoms with Gasteiger partial charge in [-0.3, -0.25) is 4.79 Å². The first-order valence-electron chi connectivity index (χ1n) is 10.8. The lowest BCUT2D eigenvalue weighted by Crippen LogP contribution is -2.53. The molecule has 0 spiro atoms. The first kappa shape index (κ1) is 20.4. The first-order valence-corrected chi connectivity index (χ1v) is 10.8. The molecule has 2 unspecified atom stereocenters. The number of nitrogens with two attached hydrogens (primary N) is 1. The zero-order valence-corrected chi connectivity index (χ0v) is 17.9. The number of rotatable bonds is 3. The number of nitrogens with one attached hydrogen (secondary N) is 1. The largest absolute Gasteiger partial charge is 0.347 e. The van der Waals surface area contributed by atoms with Crippen molar-refractivity contribution in [1.82, 2.24) is 15.1 Å². The van der Waals surface area contributed by atoms with Crippen molar-refractivity contribution in [2.75, 3.05) is 0 Å². The minimum absolute atomic E-state index is 0. The Morgan fingerprint density at radius 3 is 2.59 bits per heavy atom. The molecule has 1 heterocycles. The van der Waals surface area contributed by atoms with E-state index in [-0.39, 0.29) is 24.4 Å². The molecule has 2 atom stereocenters. The summed E-state index contributed by atoms with van der Waals surface area (Å²) in [5.41, 5.74) is 11.5. The summed E-state index contributed by atoms with van der Waals surface area (Å²) >= 11 is 0. The SMILES string of the molecule is Cc1ccccc1-n1nc(C(=O)NC2C3CCCC2CC(N)C3)c2c1CCC2.Cl. The summed E-state index contributed by atoms with van der Waals surface area (Å²) < 4.78 is 2.02. The van der Waals surface area contributed by atoms with Crippen LogP contribution < -0.4 is 11.1 Å². The van der Waals surface area contributed by atoms with Crippen molar-refractivity contribution in [3.8, 4) is 5.69 Å². The molecule has 0 saturated heterocycles. The number of hydrogen-bond donors (Lipinski definition) is 2. The fourth-order valence-corrected chi connectivity index (χ4v) is 5.86. The van der Waals surface area contributed by atoms with Gasteiger partial charge in [0.15, 0.2) is 5.69 Å². The summed E-state index contributed by atoms with van der Waals surface area (Å²) in [6.45, 7) is 2.10. The predicted molar refractivity (Wildman–Crippen MR) is 117 cm³/mol. The molecular formula is C23H31ClN4O. The van der Waals surface area contributed by atoms with Gasteiger partial charge in [0.1, 0.15) is 0 Å². The number of nitrogens with zero attached hydrogens (tertiary/aromatic N) is 2. The van der Waals surface area contributed by atoms with Crippen LogP contribution in [0, 0.1) is 18.8 Å². The van der Waals surface area contributed by atoms with Gasteiger partial charge in [0, 0.05) is 23.3 Å². The van der Waals surface area contributed by atoms with Gasteiger partial charge in [0.05, 0.1) is 5.69 Å². The van der Waals surface area contributed by atoms with E-state index in [2.05, 4.69) is 24.4 Å². The van der Waals surface area contributed by atoms with Crippen LogP contribution in [-0.2, 0) is 12.8 Å². The van der Waals surface area contributed by atoms with Crippen LogP contribution in [0.25, 0.3) is 5.69 Å². The number of halogens is 1. The topological polar surface area (TPSA) is 72.9 Å². The summed E-state index contributed by atoms with van der Waals surface area (Å²) in [4.78, 5) is 13.3. The Hall–Kier alpha value is -1.85. The number of para-hydroxylation sites is 1. The number of fused-ring (bicyclic) bond motifs is 3. The van der Waals surface area contributed by atoms with E-state index in [1.807, 2.05) is 16.8 Å². The van der Waals surface area contributed by atoms with Crippen LogP contribution in [0.1, 0.15) is 65.8 Å². The average Bonchev–Trinajstić information content (AvgIpc) is 3.26. The van der Waals surface area contributed by atoms with E-state index >= 15 is 0 Å². The minimum Gasteiger partial charge on any atom is -0.347 e. The Morgan fingerprint density at radius 2 is 1.86 bits per heavy atom. The highest BCUT2D eigenvalue weighted by atomic mass is 35.5. The van der Waals surface area contributed by atoms with Gasteiger partial charge in [-0.2, -0.15) is 5.10 Å². The smallest absolute Gasteiger partial charge is 0.272 e.